The fraction of sp³-hybridized carbons (Fsp3) is 0.0714. The van der Waals surface area contributed by atoms with Crippen LogP contribution in [0.5, 0.6) is 0 Å². The van der Waals surface area contributed by atoms with Crippen LogP contribution in [0.2, 0.25) is 10.0 Å². The van der Waals surface area contributed by atoms with E-state index in [0.717, 1.165) is 11.1 Å². The largest absolute Gasteiger partial charge is 0.391 e. The second-order valence-corrected chi connectivity index (χ2v) is 4.50. The standard InChI is InChI=1S/C14H11Cl2NO/c15-13-7-6-12(14(16)8-13)10-18-17-9-11-4-2-1-3-5-11/h1-9H,10H2. The highest BCUT2D eigenvalue weighted by Gasteiger charge is 2.00. The van der Waals surface area contributed by atoms with Crippen molar-refractivity contribution in [2.24, 2.45) is 5.16 Å². The van der Waals surface area contributed by atoms with E-state index in [4.69, 9.17) is 28.0 Å². The summed E-state index contributed by atoms with van der Waals surface area (Å²) in [6.07, 6.45) is 1.66. The van der Waals surface area contributed by atoms with Gasteiger partial charge >= 0.3 is 0 Å². The summed E-state index contributed by atoms with van der Waals surface area (Å²) in [5, 5.41) is 5.07. The Morgan fingerprint density at radius 3 is 2.56 bits per heavy atom. The quantitative estimate of drug-likeness (QED) is 0.595. The lowest BCUT2D eigenvalue weighted by Gasteiger charge is -2.02. The van der Waals surface area contributed by atoms with Crippen molar-refractivity contribution >= 4 is 29.4 Å². The number of hydrogen-bond donors (Lipinski definition) is 0. The molecular weight excluding hydrogens is 269 g/mol. The number of benzene rings is 2. The molecule has 0 saturated carbocycles. The Hall–Kier alpha value is -1.51. The Morgan fingerprint density at radius 1 is 1.06 bits per heavy atom. The molecule has 0 heterocycles. The molecule has 0 aliphatic heterocycles. The first kappa shape index (κ1) is 12.9. The Bertz CT molecular complexity index is 541. The van der Waals surface area contributed by atoms with Crippen molar-refractivity contribution in [3.8, 4) is 0 Å². The third-order valence-electron chi connectivity index (χ3n) is 2.31. The van der Waals surface area contributed by atoms with Crippen LogP contribution in [0.25, 0.3) is 0 Å². The third-order valence-corrected chi connectivity index (χ3v) is 2.90. The van der Waals surface area contributed by atoms with Gasteiger partial charge in [0.05, 0.1) is 6.21 Å². The van der Waals surface area contributed by atoms with Gasteiger partial charge in [0.25, 0.3) is 0 Å². The van der Waals surface area contributed by atoms with Gasteiger partial charge in [-0.15, -0.1) is 0 Å². The van der Waals surface area contributed by atoms with Crippen molar-refractivity contribution in [3.05, 3.63) is 69.7 Å². The highest BCUT2D eigenvalue weighted by Crippen LogP contribution is 2.21. The van der Waals surface area contributed by atoms with Gasteiger partial charge in [0, 0.05) is 15.6 Å². The molecule has 0 unspecified atom stereocenters. The monoisotopic (exact) mass is 279 g/mol. The molecule has 0 aliphatic carbocycles. The first-order valence-electron chi connectivity index (χ1n) is 5.40. The van der Waals surface area contributed by atoms with Crippen molar-refractivity contribution in [2.45, 2.75) is 6.61 Å². The maximum Gasteiger partial charge on any atom is 0.143 e. The minimum absolute atomic E-state index is 0.319. The average molecular weight is 280 g/mol. The number of rotatable bonds is 4. The molecule has 2 aromatic carbocycles. The lowest BCUT2D eigenvalue weighted by molar-refractivity contribution is 0.132. The zero-order valence-electron chi connectivity index (χ0n) is 9.51. The zero-order chi connectivity index (χ0) is 12.8. The van der Waals surface area contributed by atoms with E-state index in [1.165, 1.54) is 0 Å². The van der Waals surface area contributed by atoms with Crippen LogP contribution in [0.4, 0.5) is 0 Å². The third kappa shape index (κ3) is 3.76. The molecule has 0 bridgehead atoms. The maximum absolute atomic E-state index is 6.01. The summed E-state index contributed by atoms with van der Waals surface area (Å²) in [5.41, 5.74) is 1.84. The van der Waals surface area contributed by atoms with Crippen LogP contribution < -0.4 is 0 Å². The van der Waals surface area contributed by atoms with Crippen LogP contribution in [-0.2, 0) is 11.4 Å². The first-order chi connectivity index (χ1) is 8.75. The van der Waals surface area contributed by atoms with Crippen molar-refractivity contribution in [2.75, 3.05) is 0 Å². The predicted octanol–water partition coefficient (Wildman–Crippen LogP) is 4.54. The molecule has 0 atom stereocenters. The molecule has 0 radical (unpaired) electrons. The topological polar surface area (TPSA) is 21.6 Å². The zero-order valence-corrected chi connectivity index (χ0v) is 11.0. The van der Waals surface area contributed by atoms with Crippen LogP contribution in [0.3, 0.4) is 0 Å². The summed E-state index contributed by atoms with van der Waals surface area (Å²) < 4.78 is 0. The molecule has 18 heavy (non-hydrogen) atoms. The number of hydrogen-bond acceptors (Lipinski definition) is 2. The maximum atomic E-state index is 6.01. The lowest BCUT2D eigenvalue weighted by atomic mass is 10.2. The van der Waals surface area contributed by atoms with Crippen LogP contribution in [0.1, 0.15) is 11.1 Å². The molecule has 0 spiro atoms. The van der Waals surface area contributed by atoms with Gasteiger partial charge in [-0.1, -0.05) is 64.8 Å². The molecule has 0 aromatic heterocycles. The Kier molecular flexibility index (Phi) is 4.62. The van der Waals surface area contributed by atoms with E-state index in [2.05, 4.69) is 5.16 Å². The molecule has 0 fully saturated rings. The molecule has 2 aromatic rings. The van der Waals surface area contributed by atoms with Crippen molar-refractivity contribution < 1.29 is 4.84 Å². The molecule has 0 amide bonds. The normalized spacial score (nSPS) is 10.8. The van der Waals surface area contributed by atoms with Gasteiger partial charge in [-0.2, -0.15) is 0 Å². The molecule has 2 nitrogen and oxygen atoms in total. The van der Waals surface area contributed by atoms with Crippen LogP contribution >= 0.6 is 23.2 Å². The van der Waals surface area contributed by atoms with Crippen LogP contribution in [0, 0.1) is 0 Å². The van der Waals surface area contributed by atoms with Gasteiger partial charge in [0.15, 0.2) is 0 Å². The van der Waals surface area contributed by atoms with Crippen molar-refractivity contribution in [1.29, 1.82) is 0 Å². The fourth-order valence-corrected chi connectivity index (χ4v) is 1.85. The summed E-state index contributed by atoms with van der Waals surface area (Å²) in [6.45, 7) is 0.319. The van der Waals surface area contributed by atoms with Gasteiger partial charge in [0.2, 0.25) is 0 Å². The summed E-state index contributed by atoms with van der Waals surface area (Å²) in [4.78, 5) is 5.19. The molecular formula is C14H11Cl2NO. The first-order valence-corrected chi connectivity index (χ1v) is 6.15. The Labute approximate surface area is 116 Å². The SMILES string of the molecule is Clc1ccc(CON=Cc2ccccc2)c(Cl)c1. The molecule has 4 heteroatoms. The molecule has 2 rings (SSSR count). The minimum Gasteiger partial charge on any atom is -0.391 e. The summed E-state index contributed by atoms with van der Waals surface area (Å²) in [5.74, 6) is 0. The van der Waals surface area contributed by atoms with Gasteiger partial charge in [-0.3, -0.25) is 0 Å². The minimum atomic E-state index is 0.319. The van der Waals surface area contributed by atoms with E-state index >= 15 is 0 Å². The average Bonchev–Trinajstić information content (AvgIpc) is 2.38. The Balaban J connectivity index is 1.91. The van der Waals surface area contributed by atoms with Gasteiger partial charge in [0.1, 0.15) is 6.61 Å². The fourth-order valence-electron chi connectivity index (χ4n) is 1.38. The Morgan fingerprint density at radius 2 is 1.83 bits per heavy atom. The highest BCUT2D eigenvalue weighted by atomic mass is 35.5. The van der Waals surface area contributed by atoms with Crippen LogP contribution in [0.15, 0.2) is 53.7 Å². The van der Waals surface area contributed by atoms with Crippen molar-refractivity contribution in [1.82, 2.24) is 0 Å². The highest BCUT2D eigenvalue weighted by molar-refractivity contribution is 6.35. The molecule has 0 aliphatic rings. The van der Waals surface area contributed by atoms with E-state index in [-0.39, 0.29) is 0 Å². The van der Waals surface area contributed by atoms with E-state index in [1.54, 1.807) is 18.3 Å². The second kappa shape index (κ2) is 6.43. The van der Waals surface area contributed by atoms with E-state index < -0.39 is 0 Å². The lowest BCUT2D eigenvalue weighted by Crippen LogP contribution is -1.89. The molecule has 92 valence electrons. The van der Waals surface area contributed by atoms with Crippen molar-refractivity contribution in [3.63, 3.8) is 0 Å². The van der Waals surface area contributed by atoms with Gasteiger partial charge in [-0.25, -0.2) is 0 Å². The van der Waals surface area contributed by atoms with E-state index in [1.807, 2.05) is 36.4 Å². The summed E-state index contributed by atoms with van der Waals surface area (Å²) in [6, 6.07) is 15.0. The molecule has 0 saturated heterocycles. The summed E-state index contributed by atoms with van der Waals surface area (Å²) >= 11 is 11.8. The predicted molar refractivity (Wildman–Crippen MR) is 75.3 cm³/mol. The second-order valence-electron chi connectivity index (χ2n) is 3.65. The smallest absolute Gasteiger partial charge is 0.143 e. The van der Waals surface area contributed by atoms with E-state index in [0.29, 0.717) is 16.7 Å². The van der Waals surface area contributed by atoms with Crippen LogP contribution in [-0.4, -0.2) is 6.21 Å². The van der Waals surface area contributed by atoms with E-state index in [9.17, 15) is 0 Å². The number of halogens is 2. The summed E-state index contributed by atoms with van der Waals surface area (Å²) in [7, 11) is 0. The molecule has 0 N–H and O–H groups in total. The van der Waals surface area contributed by atoms with Gasteiger partial charge in [-0.05, 0) is 17.7 Å². The number of oxime groups is 1. The number of nitrogens with zero attached hydrogens (tertiary/aromatic N) is 1. The van der Waals surface area contributed by atoms with Gasteiger partial charge < -0.3 is 4.84 Å².